The minimum Gasteiger partial charge on any atom is -0.303 e. The van der Waals surface area contributed by atoms with E-state index in [4.69, 9.17) is 0 Å². The lowest BCUT2D eigenvalue weighted by molar-refractivity contribution is 0.245. The van der Waals surface area contributed by atoms with Crippen molar-refractivity contribution in [2.45, 2.75) is 99.8 Å². The van der Waals surface area contributed by atoms with E-state index in [2.05, 4.69) is 46.1 Å². The Hall–Kier alpha value is -0.300. The highest BCUT2D eigenvalue weighted by atomic mass is 15.1. The zero-order chi connectivity index (χ0) is 17.6. The van der Waals surface area contributed by atoms with Crippen LogP contribution < -0.4 is 0 Å². The summed E-state index contributed by atoms with van der Waals surface area (Å²) in [6.45, 7) is 22.8. The van der Waals surface area contributed by atoms with E-state index in [1.165, 1.54) is 71.0 Å². The summed E-state index contributed by atoms with van der Waals surface area (Å²) in [7, 11) is 0. The minimum absolute atomic E-state index is 0.813. The Kier molecular flexibility index (Phi) is 31.0. The zero-order valence-electron chi connectivity index (χ0n) is 17.1. The predicted octanol–water partition coefficient (Wildman–Crippen LogP) is 7.32. The number of rotatable bonds is 12. The van der Waals surface area contributed by atoms with Crippen molar-refractivity contribution in [2.75, 3.05) is 19.6 Å². The molecule has 0 spiro atoms. The van der Waals surface area contributed by atoms with Crippen LogP contribution in [0.2, 0.25) is 0 Å². The van der Waals surface area contributed by atoms with Crippen LogP contribution in [0, 0.1) is 5.92 Å². The van der Waals surface area contributed by atoms with E-state index < -0.39 is 0 Å². The number of hydrogen-bond donors (Lipinski definition) is 0. The van der Waals surface area contributed by atoms with E-state index in [1.54, 1.807) is 0 Å². The first-order chi connectivity index (χ1) is 10.6. The van der Waals surface area contributed by atoms with E-state index in [0.717, 1.165) is 5.92 Å². The molecule has 0 fully saturated rings. The van der Waals surface area contributed by atoms with Gasteiger partial charge in [0.15, 0.2) is 0 Å². The van der Waals surface area contributed by atoms with Crippen molar-refractivity contribution in [1.82, 2.24) is 4.90 Å². The predicted molar refractivity (Wildman–Crippen MR) is 107 cm³/mol. The third-order valence-corrected chi connectivity index (χ3v) is 3.21. The molecule has 0 heterocycles. The van der Waals surface area contributed by atoms with Crippen molar-refractivity contribution in [3.05, 3.63) is 12.7 Å². The molecule has 0 radical (unpaired) electrons. The molecule has 0 aromatic rings. The Balaban J connectivity index is -0.000000299. The standard InChI is InChI=1S/C10H23N.C9H18.C2H6/c1-5-7-11(8-6-2)9-10(3)4;1-3-5-7-9-8-6-4-2;1-2/h10H,5-9H2,1-4H3;3H,1,4-9H2,2H3;1-2H3. The SMILES string of the molecule is C=CCCCCCCC.CC.CCCN(CCC)CC(C)C. The Labute approximate surface area is 143 Å². The van der Waals surface area contributed by atoms with Gasteiger partial charge in [0.1, 0.15) is 0 Å². The van der Waals surface area contributed by atoms with Gasteiger partial charge in [-0.25, -0.2) is 0 Å². The van der Waals surface area contributed by atoms with Gasteiger partial charge in [-0.3, -0.25) is 0 Å². The fourth-order valence-corrected chi connectivity index (χ4v) is 2.34. The van der Waals surface area contributed by atoms with E-state index in [1.807, 2.05) is 19.9 Å². The first kappa shape index (κ1) is 26.6. The van der Waals surface area contributed by atoms with Crippen LogP contribution in [-0.4, -0.2) is 24.5 Å². The number of nitrogens with zero attached hydrogens (tertiary/aromatic N) is 1. The van der Waals surface area contributed by atoms with Gasteiger partial charge < -0.3 is 4.90 Å². The van der Waals surface area contributed by atoms with Gasteiger partial charge >= 0.3 is 0 Å². The van der Waals surface area contributed by atoms with E-state index in [0.29, 0.717) is 0 Å². The Morgan fingerprint density at radius 1 is 0.818 bits per heavy atom. The molecule has 0 bridgehead atoms. The van der Waals surface area contributed by atoms with Crippen LogP contribution in [0.25, 0.3) is 0 Å². The van der Waals surface area contributed by atoms with Crippen molar-refractivity contribution in [1.29, 1.82) is 0 Å². The molecular formula is C21H47N. The monoisotopic (exact) mass is 313 g/mol. The fraction of sp³-hybridized carbons (Fsp3) is 0.905. The summed E-state index contributed by atoms with van der Waals surface area (Å²) >= 11 is 0. The normalized spacial score (nSPS) is 9.86. The summed E-state index contributed by atoms with van der Waals surface area (Å²) < 4.78 is 0. The average Bonchev–Trinajstić information content (AvgIpc) is 2.50. The summed E-state index contributed by atoms with van der Waals surface area (Å²) in [5, 5.41) is 0. The molecule has 0 unspecified atom stereocenters. The first-order valence-corrected chi connectivity index (χ1v) is 9.95. The average molecular weight is 314 g/mol. The van der Waals surface area contributed by atoms with Gasteiger partial charge in [-0.2, -0.15) is 0 Å². The van der Waals surface area contributed by atoms with E-state index in [9.17, 15) is 0 Å². The van der Waals surface area contributed by atoms with Crippen LogP contribution in [0.15, 0.2) is 12.7 Å². The van der Waals surface area contributed by atoms with Crippen molar-refractivity contribution in [3.63, 3.8) is 0 Å². The molecule has 0 N–H and O–H groups in total. The van der Waals surface area contributed by atoms with Gasteiger partial charge in [-0.05, 0) is 44.7 Å². The Morgan fingerprint density at radius 3 is 1.68 bits per heavy atom. The summed E-state index contributed by atoms with van der Waals surface area (Å²) in [6.07, 6.45) is 12.6. The van der Waals surface area contributed by atoms with Gasteiger partial charge in [0.25, 0.3) is 0 Å². The smallest absolute Gasteiger partial charge is 0.000438 e. The Bertz CT molecular complexity index is 169. The topological polar surface area (TPSA) is 3.24 Å². The molecule has 0 saturated heterocycles. The third kappa shape index (κ3) is 27.9. The van der Waals surface area contributed by atoms with Crippen LogP contribution in [0.1, 0.15) is 99.8 Å². The second kappa shape index (κ2) is 25.6. The zero-order valence-corrected chi connectivity index (χ0v) is 17.1. The molecule has 0 aliphatic carbocycles. The lowest BCUT2D eigenvalue weighted by Crippen LogP contribution is -2.29. The number of unbranched alkanes of at least 4 members (excludes halogenated alkanes) is 5. The van der Waals surface area contributed by atoms with Crippen LogP contribution in [-0.2, 0) is 0 Å². The summed E-state index contributed by atoms with van der Waals surface area (Å²) in [5.74, 6) is 0.813. The molecule has 0 aliphatic heterocycles. The molecular weight excluding hydrogens is 266 g/mol. The molecule has 1 heteroatoms. The second-order valence-electron chi connectivity index (χ2n) is 6.19. The second-order valence-corrected chi connectivity index (χ2v) is 6.19. The molecule has 0 atom stereocenters. The first-order valence-electron chi connectivity index (χ1n) is 9.95. The summed E-state index contributed by atoms with van der Waals surface area (Å²) in [5.41, 5.74) is 0. The maximum atomic E-state index is 3.68. The lowest BCUT2D eigenvalue weighted by atomic mass is 10.1. The van der Waals surface area contributed by atoms with Gasteiger partial charge in [-0.1, -0.05) is 80.2 Å². The fourth-order valence-electron chi connectivity index (χ4n) is 2.34. The maximum absolute atomic E-state index is 3.68. The highest BCUT2D eigenvalue weighted by Gasteiger charge is 2.03. The van der Waals surface area contributed by atoms with Gasteiger partial charge in [-0.15, -0.1) is 6.58 Å². The summed E-state index contributed by atoms with van der Waals surface area (Å²) in [6, 6.07) is 0. The van der Waals surface area contributed by atoms with Gasteiger partial charge in [0.05, 0.1) is 0 Å². The third-order valence-electron chi connectivity index (χ3n) is 3.21. The van der Waals surface area contributed by atoms with Gasteiger partial charge in [0, 0.05) is 6.54 Å². The molecule has 0 aromatic heterocycles. The maximum Gasteiger partial charge on any atom is 0.000438 e. The van der Waals surface area contributed by atoms with Crippen molar-refractivity contribution in [3.8, 4) is 0 Å². The van der Waals surface area contributed by atoms with Crippen molar-refractivity contribution < 1.29 is 0 Å². The number of allylic oxidation sites excluding steroid dienone is 1. The molecule has 0 saturated carbocycles. The molecule has 0 aromatic carbocycles. The van der Waals surface area contributed by atoms with Crippen LogP contribution in [0.5, 0.6) is 0 Å². The number of hydrogen-bond acceptors (Lipinski definition) is 1. The van der Waals surface area contributed by atoms with Gasteiger partial charge in [0.2, 0.25) is 0 Å². The quantitative estimate of drug-likeness (QED) is 0.269. The lowest BCUT2D eigenvalue weighted by Gasteiger charge is -2.22. The molecule has 1 nitrogen and oxygen atoms in total. The van der Waals surface area contributed by atoms with Crippen molar-refractivity contribution in [2.24, 2.45) is 5.92 Å². The molecule has 22 heavy (non-hydrogen) atoms. The Morgan fingerprint density at radius 2 is 1.32 bits per heavy atom. The van der Waals surface area contributed by atoms with E-state index in [-0.39, 0.29) is 0 Å². The molecule has 0 amide bonds. The van der Waals surface area contributed by atoms with Crippen LogP contribution in [0.3, 0.4) is 0 Å². The minimum atomic E-state index is 0.813. The van der Waals surface area contributed by atoms with Crippen LogP contribution >= 0.6 is 0 Å². The summed E-state index contributed by atoms with van der Waals surface area (Å²) in [4.78, 5) is 2.56. The van der Waals surface area contributed by atoms with E-state index >= 15 is 0 Å². The molecule has 136 valence electrons. The highest BCUT2D eigenvalue weighted by Crippen LogP contribution is 2.04. The molecule has 0 aliphatic rings. The van der Waals surface area contributed by atoms with Crippen molar-refractivity contribution >= 4 is 0 Å². The highest BCUT2D eigenvalue weighted by molar-refractivity contribution is 4.65. The largest absolute Gasteiger partial charge is 0.303 e. The van der Waals surface area contributed by atoms with Crippen LogP contribution in [0.4, 0.5) is 0 Å². The molecule has 0 rings (SSSR count).